The van der Waals surface area contributed by atoms with Crippen LogP contribution in [0.3, 0.4) is 0 Å². The summed E-state index contributed by atoms with van der Waals surface area (Å²) in [6.45, 7) is 2.66. The van der Waals surface area contributed by atoms with E-state index in [0.717, 1.165) is 18.4 Å². The van der Waals surface area contributed by atoms with E-state index in [1.165, 1.54) is 36.4 Å². The van der Waals surface area contributed by atoms with E-state index in [4.69, 9.17) is 9.88 Å². The molecule has 9 heteroatoms. The molecule has 0 radical (unpaired) electrons. The Balaban J connectivity index is 1.80. The van der Waals surface area contributed by atoms with Gasteiger partial charge in [0.1, 0.15) is 18.2 Å². The number of nitrogens with zero attached hydrogens (tertiary/aromatic N) is 2. The Hall–Kier alpha value is -2.78. The molecule has 154 valence electrons. The number of esters is 1. The van der Waals surface area contributed by atoms with E-state index in [9.17, 15) is 17.6 Å². The van der Waals surface area contributed by atoms with Gasteiger partial charge < -0.3 is 9.30 Å². The topological polar surface area (TPSA) is 104 Å². The first-order valence-corrected chi connectivity index (χ1v) is 10.7. The molecule has 0 amide bonds. The minimum atomic E-state index is -3.84. The van der Waals surface area contributed by atoms with Crippen LogP contribution >= 0.6 is 0 Å². The Labute approximate surface area is 168 Å². The average molecular weight is 419 g/mol. The van der Waals surface area contributed by atoms with E-state index in [2.05, 4.69) is 11.9 Å². The summed E-state index contributed by atoms with van der Waals surface area (Å²) in [6.07, 6.45) is 1.86. The van der Waals surface area contributed by atoms with Gasteiger partial charge in [-0.2, -0.15) is 0 Å². The first-order chi connectivity index (χ1) is 13.8. The summed E-state index contributed by atoms with van der Waals surface area (Å²) in [4.78, 5) is 16.6. The van der Waals surface area contributed by atoms with Crippen LogP contribution in [0, 0.1) is 5.82 Å². The van der Waals surface area contributed by atoms with E-state index >= 15 is 0 Å². The van der Waals surface area contributed by atoms with Crippen molar-refractivity contribution in [3.8, 4) is 0 Å². The number of fused-ring (bicyclic) bond motifs is 1. The van der Waals surface area contributed by atoms with Gasteiger partial charge >= 0.3 is 5.97 Å². The van der Waals surface area contributed by atoms with Crippen molar-refractivity contribution in [1.82, 2.24) is 9.55 Å². The average Bonchev–Trinajstić information content (AvgIpc) is 3.02. The Morgan fingerprint density at radius 1 is 1.21 bits per heavy atom. The number of imidazole rings is 1. The van der Waals surface area contributed by atoms with Gasteiger partial charge in [-0.1, -0.05) is 25.5 Å². The van der Waals surface area contributed by atoms with E-state index in [-0.39, 0.29) is 23.7 Å². The highest BCUT2D eigenvalue weighted by atomic mass is 32.2. The molecule has 2 N–H and O–H groups in total. The van der Waals surface area contributed by atoms with Gasteiger partial charge in [0.05, 0.1) is 22.3 Å². The lowest BCUT2D eigenvalue weighted by Crippen LogP contribution is -2.12. The number of primary sulfonamides is 1. The molecule has 0 aliphatic heterocycles. The lowest BCUT2D eigenvalue weighted by atomic mass is 10.1. The standard InChI is InChI=1S/C20H22FN3O4S/c1-2-3-10-24-18-9-8-16(29(22,26)27)12-17(18)23-19(24)13-28-20(25)11-14-4-6-15(21)7-5-14/h4-9,12H,2-3,10-11,13H2,1H3,(H2,22,26,27). The number of aryl methyl sites for hydroxylation is 1. The SMILES string of the molecule is CCCCn1c(COC(=O)Cc2ccc(F)cc2)nc2cc(S(N)(=O)=O)ccc21. The van der Waals surface area contributed by atoms with Gasteiger partial charge in [-0.3, -0.25) is 4.79 Å². The van der Waals surface area contributed by atoms with Crippen LogP contribution in [0.4, 0.5) is 4.39 Å². The first-order valence-electron chi connectivity index (χ1n) is 9.20. The lowest BCUT2D eigenvalue weighted by Gasteiger charge is -2.09. The Morgan fingerprint density at radius 3 is 2.59 bits per heavy atom. The van der Waals surface area contributed by atoms with Crippen molar-refractivity contribution >= 4 is 27.0 Å². The minimum absolute atomic E-state index is 0.0189. The number of hydrogen-bond acceptors (Lipinski definition) is 5. The fraction of sp³-hybridized carbons (Fsp3) is 0.300. The molecule has 0 bridgehead atoms. The number of carbonyl (C=O) groups is 1. The maximum absolute atomic E-state index is 13.0. The van der Waals surface area contributed by atoms with Gasteiger partial charge in [-0.15, -0.1) is 0 Å². The molecule has 0 atom stereocenters. The minimum Gasteiger partial charge on any atom is -0.457 e. The predicted octanol–water partition coefficient (Wildman–Crippen LogP) is 2.91. The smallest absolute Gasteiger partial charge is 0.310 e. The van der Waals surface area contributed by atoms with Crippen molar-refractivity contribution in [2.45, 2.75) is 44.2 Å². The molecule has 0 saturated carbocycles. The molecule has 0 spiro atoms. The van der Waals surface area contributed by atoms with Gasteiger partial charge in [0.15, 0.2) is 0 Å². The van der Waals surface area contributed by atoms with Gasteiger partial charge in [-0.25, -0.2) is 22.9 Å². The summed E-state index contributed by atoms with van der Waals surface area (Å²) in [7, 11) is -3.84. The third kappa shape index (κ3) is 5.18. The number of carbonyl (C=O) groups excluding carboxylic acids is 1. The van der Waals surface area contributed by atoms with Crippen molar-refractivity contribution in [3.05, 3.63) is 59.7 Å². The summed E-state index contributed by atoms with van der Waals surface area (Å²) in [5.74, 6) is -0.311. The van der Waals surface area contributed by atoms with Crippen LogP contribution in [-0.4, -0.2) is 23.9 Å². The largest absolute Gasteiger partial charge is 0.457 e. The van der Waals surface area contributed by atoms with Crippen LogP contribution in [0.5, 0.6) is 0 Å². The van der Waals surface area contributed by atoms with Crippen LogP contribution < -0.4 is 5.14 Å². The number of aromatic nitrogens is 2. The highest BCUT2D eigenvalue weighted by Crippen LogP contribution is 2.21. The number of halogens is 1. The molecule has 1 heterocycles. The van der Waals surface area contributed by atoms with Crippen LogP contribution in [0.15, 0.2) is 47.4 Å². The van der Waals surface area contributed by atoms with E-state index < -0.39 is 16.0 Å². The third-order valence-corrected chi connectivity index (χ3v) is 5.40. The Morgan fingerprint density at radius 2 is 1.93 bits per heavy atom. The number of nitrogens with two attached hydrogens (primary N) is 1. The van der Waals surface area contributed by atoms with Crippen LogP contribution in [0.25, 0.3) is 11.0 Å². The zero-order valence-corrected chi connectivity index (χ0v) is 16.8. The summed E-state index contributed by atoms with van der Waals surface area (Å²) >= 11 is 0. The van der Waals surface area contributed by atoms with Crippen LogP contribution in [0.2, 0.25) is 0 Å². The van der Waals surface area contributed by atoms with E-state index in [1.54, 1.807) is 6.07 Å². The van der Waals surface area contributed by atoms with Gasteiger partial charge in [0.2, 0.25) is 10.0 Å². The molecule has 2 aromatic carbocycles. The molecule has 0 aliphatic rings. The predicted molar refractivity (Wildman–Crippen MR) is 106 cm³/mol. The maximum atomic E-state index is 13.0. The summed E-state index contributed by atoms with van der Waals surface area (Å²) in [5.41, 5.74) is 1.86. The molecular formula is C20H22FN3O4S. The van der Waals surface area contributed by atoms with E-state index in [1.807, 2.05) is 4.57 Å². The fourth-order valence-corrected chi connectivity index (χ4v) is 3.51. The monoisotopic (exact) mass is 419 g/mol. The Bertz CT molecular complexity index is 1120. The van der Waals surface area contributed by atoms with Crippen molar-refractivity contribution in [1.29, 1.82) is 0 Å². The van der Waals surface area contributed by atoms with Gasteiger partial charge in [0, 0.05) is 6.54 Å². The normalized spacial score (nSPS) is 11.7. The maximum Gasteiger partial charge on any atom is 0.310 e. The molecule has 0 aliphatic carbocycles. The summed E-state index contributed by atoms with van der Waals surface area (Å²) in [5, 5.41) is 5.20. The zero-order valence-electron chi connectivity index (χ0n) is 16.0. The third-order valence-electron chi connectivity index (χ3n) is 4.49. The van der Waals surface area contributed by atoms with Crippen molar-refractivity contribution < 1.29 is 22.3 Å². The van der Waals surface area contributed by atoms with Gasteiger partial charge in [0.25, 0.3) is 0 Å². The van der Waals surface area contributed by atoms with Crippen molar-refractivity contribution in [3.63, 3.8) is 0 Å². The van der Waals surface area contributed by atoms with Crippen LogP contribution in [-0.2, 0) is 39.1 Å². The number of sulfonamides is 1. The summed E-state index contributed by atoms with van der Waals surface area (Å²) < 4.78 is 43.4. The Kier molecular flexibility index (Phi) is 6.29. The molecule has 1 aromatic heterocycles. The number of benzene rings is 2. The molecule has 29 heavy (non-hydrogen) atoms. The molecular weight excluding hydrogens is 397 g/mol. The van der Waals surface area contributed by atoms with Gasteiger partial charge in [-0.05, 0) is 42.3 Å². The number of rotatable bonds is 8. The molecule has 3 aromatic rings. The lowest BCUT2D eigenvalue weighted by molar-refractivity contribution is -0.144. The second-order valence-corrected chi connectivity index (χ2v) is 8.25. The zero-order chi connectivity index (χ0) is 21.0. The second-order valence-electron chi connectivity index (χ2n) is 6.69. The first kappa shape index (κ1) is 20.9. The summed E-state index contributed by atoms with van der Waals surface area (Å²) in [6, 6.07) is 10.1. The molecule has 0 fully saturated rings. The fourth-order valence-electron chi connectivity index (χ4n) is 2.98. The molecule has 3 rings (SSSR count). The quantitative estimate of drug-likeness (QED) is 0.565. The highest BCUT2D eigenvalue weighted by Gasteiger charge is 2.16. The van der Waals surface area contributed by atoms with Crippen molar-refractivity contribution in [2.24, 2.45) is 5.14 Å². The van der Waals surface area contributed by atoms with Crippen LogP contribution in [0.1, 0.15) is 31.2 Å². The number of unbranched alkanes of at least 4 members (excludes halogenated alkanes) is 1. The van der Waals surface area contributed by atoms with Crippen molar-refractivity contribution in [2.75, 3.05) is 0 Å². The second kappa shape index (κ2) is 8.71. The van der Waals surface area contributed by atoms with E-state index in [0.29, 0.717) is 23.4 Å². The molecule has 7 nitrogen and oxygen atoms in total. The highest BCUT2D eigenvalue weighted by molar-refractivity contribution is 7.89. The number of hydrogen-bond donors (Lipinski definition) is 1. The molecule has 0 saturated heterocycles. The number of ether oxygens (including phenoxy) is 1. The molecule has 0 unspecified atom stereocenters.